The topological polar surface area (TPSA) is 15.3 Å². The molecule has 1 N–H and O–H groups in total. The summed E-state index contributed by atoms with van der Waals surface area (Å²) in [6.07, 6.45) is 9.40. The monoisotopic (exact) mass is 220 g/mol. The van der Waals surface area contributed by atoms with Crippen molar-refractivity contribution in [2.75, 3.05) is 19.6 Å². The van der Waals surface area contributed by atoms with Crippen LogP contribution in [0.3, 0.4) is 0 Å². The Labute approximate surface area is 99.1 Å². The smallest absolute Gasteiger partial charge is 0.0193 e. The number of hydrogen-bond acceptors (Lipinski definition) is 2. The molecule has 2 unspecified atom stereocenters. The molecule has 0 spiro atoms. The van der Waals surface area contributed by atoms with E-state index in [1.807, 2.05) is 0 Å². The summed E-state index contributed by atoms with van der Waals surface area (Å²) in [5, 5.41) is 3.70. The summed E-state index contributed by atoms with van der Waals surface area (Å²) in [6, 6.07) is 1.76. The molecule has 2 fully saturated rings. The molecule has 2 saturated carbocycles. The van der Waals surface area contributed by atoms with E-state index in [0.29, 0.717) is 0 Å². The molecule has 0 aromatic rings. The van der Waals surface area contributed by atoms with E-state index in [9.17, 15) is 0 Å². The summed E-state index contributed by atoms with van der Waals surface area (Å²) in [7, 11) is 0. The molecule has 3 aliphatic rings. The first-order valence-electron chi connectivity index (χ1n) is 6.96. The highest BCUT2D eigenvalue weighted by atomic mass is 15.2. The van der Waals surface area contributed by atoms with Crippen LogP contribution in [-0.4, -0.2) is 36.6 Å². The standard InChI is InChI=1S/C14H24N2/c1-11-3-2-8-16(10-11)14-7-4-12(14)9-15-13-5-6-13/h3,12-15H,2,4-10H2,1H3. The Morgan fingerprint density at radius 1 is 1.31 bits per heavy atom. The average Bonchev–Trinajstić information content (AvgIpc) is 3.00. The molecular weight excluding hydrogens is 196 g/mol. The Hall–Kier alpha value is -0.340. The first-order chi connectivity index (χ1) is 7.83. The summed E-state index contributed by atoms with van der Waals surface area (Å²) < 4.78 is 0. The molecule has 0 saturated heterocycles. The summed E-state index contributed by atoms with van der Waals surface area (Å²) in [4.78, 5) is 2.72. The van der Waals surface area contributed by atoms with Crippen molar-refractivity contribution in [1.29, 1.82) is 0 Å². The van der Waals surface area contributed by atoms with Crippen LogP contribution in [0.25, 0.3) is 0 Å². The van der Waals surface area contributed by atoms with E-state index in [1.165, 1.54) is 51.7 Å². The van der Waals surface area contributed by atoms with Gasteiger partial charge in [0.25, 0.3) is 0 Å². The molecule has 2 aliphatic carbocycles. The van der Waals surface area contributed by atoms with E-state index in [-0.39, 0.29) is 0 Å². The molecule has 2 nitrogen and oxygen atoms in total. The van der Waals surface area contributed by atoms with Gasteiger partial charge in [0.15, 0.2) is 0 Å². The highest BCUT2D eigenvalue weighted by Gasteiger charge is 2.36. The minimum absolute atomic E-state index is 0.879. The van der Waals surface area contributed by atoms with Crippen LogP contribution in [0.5, 0.6) is 0 Å². The molecule has 90 valence electrons. The highest BCUT2D eigenvalue weighted by molar-refractivity contribution is 5.07. The van der Waals surface area contributed by atoms with Gasteiger partial charge in [-0.1, -0.05) is 11.6 Å². The first-order valence-corrected chi connectivity index (χ1v) is 6.96. The van der Waals surface area contributed by atoms with Gasteiger partial charge in [0, 0.05) is 25.2 Å². The van der Waals surface area contributed by atoms with Gasteiger partial charge in [-0.2, -0.15) is 0 Å². The lowest BCUT2D eigenvalue weighted by Gasteiger charge is -2.46. The van der Waals surface area contributed by atoms with E-state index < -0.39 is 0 Å². The fourth-order valence-corrected chi connectivity index (χ4v) is 3.10. The van der Waals surface area contributed by atoms with Crippen LogP contribution in [-0.2, 0) is 0 Å². The Balaban J connectivity index is 1.48. The second-order valence-corrected chi connectivity index (χ2v) is 5.90. The molecule has 0 amide bonds. The first kappa shape index (κ1) is 10.8. The third-order valence-electron chi connectivity index (χ3n) is 4.45. The maximum Gasteiger partial charge on any atom is 0.0193 e. The van der Waals surface area contributed by atoms with Crippen LogP contribution in [0.1, 0.15) is 39.0 Å². The maximum atomic E-state index is 3.70. The molecule has 0 radical (unpaired) electrons. The minimum atomic E-state index is 0.879. The van der Waals surface area contributed by atoms with E-state index in [0.717, 1.165) is 18.0 Å². The van der Waals surface area contributed by atoms with Gasteiger partial charge in [-0.15, -0.1) is 0 Å². The molecule has 0 aromatic carbocycles. The Bertz CT molecular complexity index is 280. The van der Waals surface area contributed by atoms with E-state index in [2.05, 4.69) is 23.2 Å². The lowest BCUT2D eigenvalue weighted by Crippen LogP contribution is -2.52. The minimum Gasteiger partial charge on any atom is -0.314 e. The summed E-state index contributed by atoms with van der Waals surface area (Å²) in [5.41, 5.74) is 1.58. The van der Waals surface area contributed by atoms with Crippen LogP contribution in [0, 0.1) is 5.92 Å². The van der Waals surface area contributed by atoms with Gasteiger partial charge in [0.05, 0.1) is 0 Å². The molecule has 2 atom stereocenters. The maximum absolute atomic E-state index is 3.70. The normalized spacial score (nSPS) is 35.7. The Morgan fingerprint density at radius 3 is 2.81 bits per heavy atom. The zero-order chi connectivity index (χ0) is 11.0. The van der Waals surface area contributed by atoms with E-state index in [4.69, 9.17) is 0 Å². The van der Waals surface area contributed by atoms with Gasteiger partial charge in [0.2, 0.25) is 0 Å². The van der Waals surface area contributed by atoms with Crippen LogP contribution < -0.4 is 5.32 Å². The van der Waals surface area contributed by atoms with Gasteiger partial charge in [0.1, 0.15) is 0 Å². The van der Waals surface area contributed by atoms with Crippen LogP contribution in [0.15, 0.2) is 11.6 Å². The Morgan fingerprint density at radius 2 is 2.19 bits per heavy atom. The Kier molecular flexibility index (Phi) is 3.03. The fourth-order valence-electron chi connectivity index (χ4n) is 3.10. The number of rotatable bonds is 4. The van der Waals surface area contributed by atoms with Crippen molar-refractivity contribution in [2.24, 2.45) is 5.92 Å². The van der Waals surface area contributed by atoms with Crippen molar-refractivity contribution in [3.05, 3.63) is 11.6 Å². The zero-order valence-corrected chi connectivity index (χ0v) is 10.4. The number of nitrogens with zero attached hydrogens (tertiary/aromatic N) is 1. The number of nitrogens with one attached hydrogen (secondary N) is 1. The largest absolute Gasteiger partial charge is 0.314 e. The molecule has 1 heterocycles. The fraction of sp³-hybridized carbons (Fsp3) is 0.857. The van der Waals surface area contributed by atoms with Crippen LogP contribution in [0.4, 0.5) is 0 Å². The lowest BCUT2D eigenvalue weighted by molar-refractivity contribution is 0.0669. The predicted molar refractivity (Wildman–Crippen MR) is 67.5 cm³/mol. The van der Waals surface area contributed by atoms with Crippen molar-refractivity contribution in [1.82, 2.24) is 10.2 Å². The lowest BCUT2D eigenvalue weighted by atomic mass is 9.77. The predicted octanol–water partition coefficient (Wildman–Crippen LogP) is 2.17. The van der Waals surface area contributed by atoms with E-state index in [1.54, 1.807) is 5.57 Å². The summed E-state index contributed by atoms with van der Waals surface area (Å²) >= 11 is 0. The van der Waals surface area contributed by atoms with Crippen molar-refractivity contribution in [3.8, 4) is 0 Å². The summed E-state index contributed by atoms with van der Waals surface area (Å²) in [6.45, 7) is 6.07. The van der Waals surface area contributed by atoms with Crippen molar-refractivity contribution >= 4 is 0 Å². The quantitative estimate of drug-likeness (QED) is 0.731. The van der Waals surface area contributed by atoms with Crippen molar-refractivity contribution < 1.29 is 0 Å². The van der Waals surface area contributed by atoms with Crippen LogP contribution >= 0.6 is 0 Å². The van der Waals surface area contributed by atoms with Gasteiger partial charge < -0.3 is 5.32 Å². The van der Waals surface area contributed by atoms with Crippen molar-refractivity contribution in [2.45, 2.75) is 51.1 Å². The molecule has 16 heavy (non-hydrogen) atoms. The van der Waals surface area contributed by atoms with Crippen molar-refractivity contribution in [3.63, 3.8) is 0 Å². The number of hydrogen-bond donors (Lipinski definition) is 1. The second-order valence-electron chi connectivity index (χ2n) is 5.90. The van der Waals surface area contributed by atoms with Crippen LogP contribution in [0.2, 0.25) is 0 Å². The molecule has 2 heteroatoms. The average molecular weight is 220 g/mol. The molecule has 0 bridgehead atoms. The molecule has 3 rings (SSSR count). The van der Waals surface area contributed by atoms with Gasteiger partial charge in [-0.25, -0.2) is 0 Å². The summed E-state index contributed by atoms with van der Waals surface area (Å²) in [5.74, 6) is 0.937. The zero-order valence-electron chi connectivity index (χ0n) is 10.4. The third-order valence-corrected chi connectivity index (χ3v) is 4.45. The second kappa shape index (κ2) is 4.50. The van der Waals surface area contributed by atoms with Gasteiger partial charge in [-0.05, 0) is 51.5 Å². The third kappa shape index (κ3) is 2.33. The highest BCUT2D eigenvalue weighted by Crippen LogP contribution is 2.34. The SMILES string of the molecule is CC1=CCCN(C2CCC2CNC2CC2)C1. The van der Waals surface area contributed by atoms with Gasteiger partial charge in [-0.3, -0.25) is 4.90 Å². The van der Waals surface area contributed by atoms with Gasteiger partial charge >= 0.3 is 0 Å². The molecule has 1 aliphatic heterocycles. The van der Waals surface area contributed by atoms with E-state index >= 15 is 0 Å². The molecule has 0 aromatic heterocycles. The molecular formula is C14H24N2.